The summed E-state index contributed by atoms with van der Waals surface area (Å²) in [5, 5.41) is 2.72. The van der Waals surface area contributed by atoms with Gasteiger partial charge in [0.1, 0.15) is 11.6 Å². The summed E-state index contributed by atoms with van der Waals surface area (Å²) >= 11 is 0.946. The molecular weight excluding hydrogens is 336 g/mol. The van der Waals surface area contributed by atoms with Crippen LogP contribution in [-0.2, 0) is 11.3 Å². The molecule has 0 saturated heterocycles. The van der Waals surface area contributed by atoms with Crippen LogP contribution in [0, 0.1) is 11.6 Å². The highest BCUT2D eigenvalue weighted by Gasteiger charge is 2.09. The zero-order chi connectivity index (χ0) is 17.5. The fourth-order valence-electron chi connectivity index (χ4n) is 1.97. The van der Waals surface area contributed by atoms with E-state index in [9.17, 15) is 13.6 Å². The van der Waals surface area contributed by atoms with Gasteiger partial charge < -0.3 is 14.8 Å². The minimum absolute atomic E-state index is 0.00629. The Morgan fingerprint density at radius 3 is 2.54 bits per heavy atom. The number of hydrogen-bond donors (Lipinski definition) is 1. The second-order valence-electron chi connectivity index (χ2n) is 4.83. The summed E-state index contributed by atoms with van der Waals surface area (Å²) in [5.74, 6) is -0.199. The van der Waals surface area contributed by atoms with Crippen LogP contribution in [0.5, 0.6) is 11.5 Å². The molecule has 0 unspecified atom stereocenters. The van der Waals surface area contributed by atoms with Crippen molar-refractivity contribution in [2.24, 2.45) is 0 Å². The van der Waals surface area contributed by atoms with Crippen LogP contribution < -0.4 is 14.8 Å². The Morgan fingerprint density at radius 2 is 1.83 bits per heavy atom. The number of thioether (sulfide) groups is 1. The van der Waals surface area contributed by atoms with Crippen LogP contribution >= 0.6 is 11.8 Å². The highest BCUT2D eigenvalue weighted by atomic mass is 32.2. The Balaban J connectivity index is 1.88. The van der Waals surface area contributed by atoms with Gasteiger partial charge in [0.25, 0.3) is 0 Å². The Labute approximate surface area is 143 Å². The SMILES string of the molecule is COc1ccc(CNC(=O)CSc2cc(F)ccc2F)cc1OC. The van der Waals surface area contributed by atoms with E-state index in [1.165, 1.54) is 7.11 Å². The molecule has 2 aromatic rings. The fraction of sp³-hybridized carbons (Fsp3) is 0.235. The van der Waals surface area contributed by atoms with Gasteiger partial charge in [0.05, 0.1) is 20.0 Å². The highest BCUT2D eigenvalue weighted by molar-refractivity contribution is 8.00. The lowest BCUT2D eigenvalue weighted by molar-refractivity contribution is -0.118. The van der Waals surface area contributed by atoms with Crippen molar-refractivity contribution in [1.82, 2.24) is 5.32 Å². The molecule has 4 nitrogen and oxygen atoms in total. The van der Waals surface area contributed by atoms with Crippen LogP contribution in [0.2, 0.25) is 0 Å². The number of methoxy groups -OCH3 is 2. The van der Waals surface area contributed by atoms with Gasteiger partial charge in [-0.15, -0.1) is 11.8 Å². The number of hydrogen-bond acceptors (Lipinski definition) is 4. The van der Waals surface area contributed by atoms with Gasteiger partial charge in [-0.05, 0) is 35.9 Å². The van der Waals surface area contributed by atoms with E-state index in [-0.39, 0.29) is 16.6 Å². The van der Waals surface area contributed by atoms with Crippen LogP contribution in [0.1, 0.15) is 5.56 Å². The predicted molar refractivity (Wildman–Crippen MR) is 88.5 cm³/mol. The van der Waals surface area contributed by atoms with E-state index in [0.29, 0.717) is 18.0 Å². The molecule has 0 aliphatic carbocycles. The number of halogens is 2. The molecule has 1 amide bonds. The smallest absolute Gasteiger partial charge is 0.230 e. The minimum Gasteiger partial charge on any atom is -0.493 e. The van der Waals surface area contributed by atoms with Crippen LogP contribution in [0.15, 0.2) is 41.3 Å². The Hall–Kier alpha value is -2.28. The number of ether oxygens (including phenoxy) is 2. The van der Waals surface area contributed by atoms with Gasteiger partial charge in [-0.1, -0.05) is 6.07 Å². The molecule has 0 aliphatic rings. The molecule has 0 saturated carbocycles. The summed E-state index contributed by atoms with van der Waals surface area (Å²) in [4.78, 5) is 12.0. The number of nitrogens with one attached hydrogen (secondary N) is 1. The predicted octanol–water partition coefficient (Wildman–Crippen LogP) is 3.39. The lowest BCUT2D eigenvalue weighted by Crippen LogP contribution is -2.24. The summed E-state index contributed by atoms with van der Waals surface area (Å²) in [5.41, 5.74) is 0.836. The van der Waals surface area contributed by atoms with Crippen LogP contribution in [0.3, 0.4) is 0 Å². The average Bonchev–Trinajstić information content (AvgIpc) is 2.60. The number of carbonyl (C=O) groups excluding carboxylic acids is 1. The number of rotatable bonds is 7. The molecule has 0 bridgehead atoms. The van der Waals surface area contributed by atoms with Crippen LogP contribution in [0.4, 0.5) is 8.78 Å². The van der Waals surface area contributed by atoms with E-state index in [0.717, 1.165) is 35.5 Å². The quantitative estimate of drug-likeness (QED) is 0.775. The third kappa shape index (κ3) is 4.86. The van der Waals surface area contributed by atoms with Crippen molar-refractivity contribution in [2.75, 3.05) is 20.0 Å². The van der Waals surface area contributed by atoms with Crippen molar-refractivity contribution in [3.8, 4) is 11.5 Å². The van der Waals surface area contributed by atoms with Gasteiger partial charge in [0, 0.05) is 11.4 Å². The van der Waals surface area contributed by atoms with E-state index >= 15 is 0 Å². The second-order valence-corrected chi connectivity index (χ2v) is 5.85. The van der Waals surface area contributed by atoms with Crippen molar-refractivity contribution >= 4 is 17.7 Å². The molecule has 0 aliphatic heterocycles. The lowest BCUT2D eigenvalue weighted by atomic mass is 10.2. The minimum atomic E-state index is -0.547. The lowest BCUT2D eigenvalue weighted by Gasteiger charge is -2.10. The van der Waals surface area contributed by atoms with Gasteiger partial charge >= 0.3 is 0 Å². The third-order valence-corrected chi connectivity index (χ3v) is 4.22. The van der Waals surface area contributed by atoms with Gasteiger partial charge in [-0.25, -0.2) is 8.78 Å². The molecule has 2 aromatic carbocycles. The second kappa shape index (κ2) is 8.54. The average molecular weight is 353 g/mol. The first-order valence-corrected chi connectivity index (χ1v) is 8.07. The summed E-state index contributed by atoms with van der Waals surface area (Å²) in [6.07, 6.45) is 0. The molecule has 128 valence electrons. The first-order valence-electron chi connectivity index (χ1n) is 7.09. The highest BCUT2D eigenvalue weighted by Crippen LogP contribution is 2.27. The van der Waals surface area contributed by atoms with Crippen molar-refractivity contribution in [1.29, 1.82) is 0 Å². The molecule has 2 rings (SSSR count). The summed E-state index contributed by atoms with van der Waals surface area (Å²) < 4.78 is 36.9. The summed E-state index contributed by atoms with van der Waals surface area (Å²) in [6, 6.07) is 8.47. The molecule has 0 aromatic heterocycles. The Morgan fingerprint density at radius 1 is 1.08 bits per heavy atom. The molecule has 0 spiro atoms. The first kappa shape index (κ1) is 18.1. The zero-order valence-electron chi connectivity index (χ0n) is 13.3. The monoisotopic (exact) mass is 353 g/mol. The fourth-order valence-corrected chi connectivity index (χ4v) is 2.76. The number of benzene rings is 2. The largest absolute Gasteiger partial charge is 0.493 e. The van der Waals surface area contributed by atoms with Crippen molar-refractivity contribution in [3.63, 3.8) is 0 Å². The van der Waals surface area contributed by atoms with Crippen LogP contribution in [0.25, 0.3) is 0 Å². The maximum atomic E-state index is 13.5. The zero-order valence-corrected chi connectivity index (χ0v) is 14.1. The van der Waals surface area contributed by atoms with Gasteiger partial charge in [-0.3, -0.25) is 4.79 Å². The standard InChI is InChI=1S/C17H17F2NO3S/c1-22-14-6-3-11(7-15(14)23-2)9-20-17(21)10-24-16-8-12(18)4-5-13(16)19/h3-8H,9-10H2,1-2H3,(H,20,21). The Bertz CT molecular complexity index is 725. The molecule has 1 N–H and O–H groups in total. The maximum absolute atomic E-state index is 13.5. The van der Waals surface area contributed by atoms with E-state index in [1.54, 1.807) is 25.3 Å². The number of carbonyl (C=O) groups is 1. The first-order chi connectivity index (χ1) is 11.5. The number of amides is 1. The molecule has 0 fully saturated rings. The van der Waals surface area contributed by atoms with E-state index in [2.05, 4.69) is 5.32 Å². The van der Waals surface area contributed by atoms with E-state index in [4.69, 9.17) is 9.47 Å². The topological polar surface area (TPSA) is 47.6 Å². The van der Waals surface area contributed by atoms with Gasteiger partial charge in [-0.2, -0.15) is 0 Å². The molecule has 0 radical (unpaired) electrons. The van der Waals surface area contributed by atoms with Gasteiger partial charge in [0.15, 0.2) is 11.5 Å². The molecule has 0 heterocycles. The molecule has 24 heavy (non-hydrogen) atoms. The van der Waals surface area contributed by atoms with Crippen molar-refractivity contribution in [2.45, 2.75) is 11.4 Å². The Kier molecular flexibility index (Phi) is 6.43. The van der Waals surface area contributed by atoms with Gasteiger partial charge in [0.2, 0.25) is 5.91 Å². The summed E-state index contributed by atoms with van der Waals surface area (Å²) in [7, 11) is 3.08. The van der Waals surface area contributed by atoms with Crippen LogP contribution in [-0.4, -0.2) is 25.9 Å². The van der Waals surface area contributed by atoms with E-state index < -0.39 is 11.6 Å². The summed E-state index contributed by atoms with van der Waals surface area (Å²) in [6.45, 7) is 0.297. The molecular formula is C17H17F2NO3S. The molecule has 7 heteroatoms. The van der Waals surface area contributed by atoms with Crippen molar-refractivity contribution < 1.29 is 23.0 Å². The maximum Gasteiger partial charge on any atom is 0.230 e. The van der Waals surface area contributed by atoms with E-state index in [1.807, 2.05) is 0 Å². The third-order valence-electron chi connectivity index (χ3n) is 3.19. The molecule has 0 atom stereocenters. The van der Waals surface area contributed by atoms with Crippen molar-refractivity contribution in [3.05, 3.63) is 53.6 Å². The normalized spacial score (nSPS) is 10.3.